The zero-order valence-electron chi connectivity index (χ0n) is 15.8. The summed E-state index contributed by atoms with van der Waals surface area (Å²) in [6.07, 6.45) is 1.91. The average molecular weight is 387 g/mol. The predicted molar refractivity (Wildman–Crippen MR) is 101 cm³/mol. The molecule has 1 aromatic carbocycles. The molecular formula is C20H25N3O5. The fourth-order valence-corrected chi connectivity index (χ4v) is 3.52. The Balaban J connectivity index is 1.52. The minimum Gasteiger partial charge on any atom is -0.497 e. The highest BCUT2D eigenvalue weighted by Crippen LogP contribution is 2.26. The Morgan fingerprint density at radius 1 is 1.32 bits per heavy atom. The number of carbonyl (C=O) groups excluding carboxylic acids is 1. The maximum absolute atomic E-state index is 12.4. The van der Waals surface area contributed by atoms with E-state index in [9.17, 15) is 9.59 Å². The van der Waals surface area contributed by atoms with Gasteiger partial charge in [0, 0.05) is 19.0 Å². The zero-order valence-corrected chi connectivity index (χ0v) is 15.8. The van der Waals surface area contributed by atoms with E-state index in [1.54, 1.807) is 7.11 Å². The molecule has 1 aliphatic rings. The molecule has 2 unspecified atom stereocenters. The summed E-state index contributed by atoms with van der Waals surface area (Å²) >= 11 is 0. The van der Waals surface area contributed by atoms with Crippen LogP contribution in [0.15, 0.2) is 34.9 Å². The summed E-state index contributed by atoms with van der Waals surface area (Å²) in [6.45, 7) is 2.11. The van der Waals surface area contributed by atoms with Crippen LogP contribution in [0.5, 0.6) is 5.75 Å². The highest BCUT2D eigenvalue weighted by Gasteiger charge is 2.28. The van der Waals surface area contributed by atoms with E-state index in [1.165, 1.54) is 6.07 Å². The van der Waals surface area contributed by atoms with Crippen molar-refractivity contribution >= 4 is 11.9 Å². The molecule has 0 aliphatic carbocycles. The number of nitrogens with one attached hydrogen (secondary N) is 2. The van der Waals surface area contributed by atoms with Crippen molar-refractivity contribution in [1.29, 1.82) is 0 Å². The lowest BCUT2D eigenvalue weighted by Crippen LogP contribution is -2.40. The Morgan fingerprint density at radius 3 is 2.79 bits per heavy atom. The number of piperidine rings is 1. The number of carboxylic acid groups (broad SMARTS) is 1. The van der Waals surface area contributed by atoms with E-state index in [0.717, 1.165) is 30.8 Å². The largest absolute Gasteiger partial charge is 0.497 e. The number of nitrogens with zero attached hydrogens (tertiary/aromatic N) is 1. The van der Waals surface area contributed by atoms with Crippen molar-refractivity contribution in [2.24, 2.45) is 11.8 Å². The van der Waals surface area contributed by atoms with Crippen LogP contribution in [0, 0.1) is 11.8 Å². The number of rotatable bonds is 8. The van der Waals surface area contributed by atoms with Crippen molar-refractivity contribution in [2.75, 3.05) is 20.2 Å². The normalized spacial score (nSPS) is 19.2. The summed E-state index contributed by atoms with van der Waals surface area (Å²) in [4.78, 5) is 23.4. The third kappa shape index (κ3) is 5.32. The van der Waals surface area contributed by atoms with Gasteiger partial charge in [0.25, 0.3) is 0 Å². The second-order valence-corrected chi connectivity index (χ2v) is 7.03. The quantitative estimate of drug-likeness (QED) is 0.633. The summed E-state index contributed by atoms with van der Waals surface area (Å²) in [6, 6.07) is 9.05. The molecule has 2 heterocycles. The first-order chi connectivity index (χ1) is 13.5. The number of hydrogen-bond donors (Lipinski definition) is 3. The molecule has 28 heavy (non-hydrogen) atoms. The molecule has 150 valence electrons. The number of aromatic carboxylic acids is 1. The lowest BCUT2D eigenvalue weighted by Gasteiger charge is -2.31. The molecular weight excluding hydrogens is 362 g/mol. The van der Waals surface area contributed by atoms with Crippen LogP contribution in [-0.4, -0.2) is 42.3 Å². The third-order valence-corrected chi connectivity index (χ3v) is 5.10. The summed E-state index contributed by atoms with van der Waals surface area (Å²) in [5.41, 5.74) is 1.62. The first-order valence-corrected chi connectivity index (χ1v) is 9.34. The van der Waals surface area contributed by atoms with Crippen molar-refractivity contribution in [2.45, 2.75) is 25.8 Å². The number of carbonyl (C=O) groups is 2. The van der Waals surface area contributed by atoms with Gasteiger partial charge in [-0.15, -0.1) is 0 Å². The monoisotopic (exact) mass is 387 g/mol. The second kappa shape index (κ2) is 9.36. The summed E-state index contributed by atoms with van der Waals surface area (Å²) in [5, 5.41) is 19.1. The fraction of sp³-hybridized carbons (Fsp3) is 0.450. The first kappa shape index (κ1) is 19.9. The number of ether oxygens (including phenoxy) is 1. The summed E-state index contributed by atoms with van der Waals surface area (Å²) in [7, 11) is 1.62. The van der Waals surface area contributed by atoms with Crippen LogP contribution in [0.3, 0.4) is 0 Å². The van der Waals surface area contributed by atoms with E-state index in [1.807, 2.05) is 24.3 Å². The zero-order chi connectivity index (χ0) is 19.9. The highest BCUT2D eigenvalue weighted by molar-refractivity contribution is 5.84. The molecule has 8 heteroatoms. The molecule has 1 amide bonds. The molecule has 0 bridgehead atoms. The molecule has 0 saturated carbocycles. The predicted octanol–water partition coefficient (Wildman–Crippen LogP) is 1.86. The van der Waals surface area contributed by atoms with Gasteiger partial charge in [-0.05, 0) is 55.5 Å². The van der Waals surface area contributed by atoms with E-state index >= 15 is 0 Å². The van der Waals surface area contributed by atoms with Crippen LogP contribution in [-0.2, 0) is 17.8 Å². The Labute approximate surface area is 163 Å². The van der Waals surface area contributed by atoms with E-state index in [4.69, 9.17) is 14.4 Å². The van der Waals surface area contributed by atoms with Gasteiger partial charge >= 0.3 is 5.97 Å². The molecule has 0 radical (unpaired) electrons. The molecule has 1 fully saturated rings. The topological polar surface area (TPSA) is 114 Å². The first-order valence-electron chi connectivity index (χ1n) is 9.34. The van der Waals surface area contributed by atoms with Crippen LogP contribution in [0.2, 0.25) is 0 Å². The maximum atomic E-state index is 12.4. The van der Waals surface area contributed by atoms with Gasteiger partial charge in [-0.3, -0.25) is 4.79 Å². The Morgan fingerprint density at radius 2 is 2.11 bits per heavy atom. The standard InChI is InChI=1S/C20H25N3O5/c1-27-17-4-2-13(3-5-17)11-22-19(24)9-14-6-7-21-12-15(14)8-16-10-18(20(25)26)28-23-16/h2-5,10,14-15,21H,6-9,11-12H2,1H3,(H,22,24)(H,25,26). The minimum atomic E-state index is -1.13. The van der Waals surface area contributed by atoms with Gasteiger partial charge < -0.3 is 25.0 Å². The number of amides is 1. The van der Waals surface area contributed by atoms with Crippen molar-refractivity contribution in [1.82, 2.24) is 15.8 Å². The van der Waals surface area contributed by atoms with Crippen LogP contribution in [0.25, 0.3) is 0 Å². The Bertz CT molecular complexity index is 802. The van der Waals surface area contributed by atoms with Gasteiger partial charge in [-0.25, -0.2) is 4.79 Å². The highest BCUT2D eigenvalue weighted by atomic mass is 16.5. The van der Waals surface area contributed by atoms with E-state index in [2.05, 4.69) is 15.8 Å². The smallest absolute Gasteiger partial charge is 0.374 e. The lowest BCUT2D eigenvalue weighted by atomic mass is 9.81. The molecule has 2 aromatic rings. The molecule has 3 rings (SSSR count). The summed E-state index contributed by atoms with van der Waals surface area (Å²) < 4.78 is 9.96. The number of aromatic nitrogens is 1. The second-order valence-electron chi connectivity index (χ2n) is 7.03. The molecule has 3 N–H and O–H groups in total. The number of hydrogen-bond acceptors (Lipinski definition) is 6. The molecule has 8 nitrogen and oxygen atoms in total. The lowest BCUT2D eigenvalue weighted by molar-refractivity contribution is -0.122. The molecule has 1 saturated heterocycles. The van der Waals surface area contributed by atoms with Gasteiger partial charge in [0.1, 0.15) is 5.75 Å². The SMILES string of the molecule is COc1ccc(CNC(=O)CC2CCNCC2Cc2cc(C(=O)O)on2)cc1. The van der Waals surface area contributed by atoms with Crippen LogP contribution in [0.1, 0.15) is 34.7 Å². The molecule has 2 atom stereocenters. The Hall–Kier alpha value is -2.87. The number of carboxylic acids is 1. The Kier molecular flexibility index (Phi) is 6.65. The maximum Gasteiger partial charge on any atom is 0.374 e. The van der Waals surface area contributed by atoms with Crippen LogP contribution in [0.4, 0.5) is 0 Å². The average Bonchev–Trinajstić information content (AvgIpc) is 3.17. The van der Waals surface area contributed by atoms with Gasteiger partial charge in [-0.1, -0.05) is 17.3 Å². The molecule has 1 aliphatic heterocycles. The van der Waals surface area contributed by atoms with E-state index < -0.39 is 5.97 Å². The molecule has 1 aromatic heterocycles. The van der Waals surface area contributed by atoms with Crippen molar-refractivity contribution in [3.8, 4) is 5.75 Å². The van der Waals surface area contributed by atoms with Gasteiger partial charge in [0.05, 0.1) is 12.8 Å². The third-order valence-electron chi connectivity index (χ3n) is 5.10. The number of methoxy groups -OCH3 is 1. The van der Waals surface area contributed by atoms with Crippen LogP contribution >= 0.6 is 0 Å². The minimum absolute atomic E-state index is 0.0131. The van der Waals surface area contributed by atoms with Gasteiger partial charge in [-0.2, -0.15) is 0 Å². The fourth-order valence-electron chi connectivity index (χ4n) is 3.52. The van der Waals surface area contributed by atoms with Gasteiger partial charge in [0.2, 0.25) is 11.7 Å². The van der Waals surface area contributed by atoms with Crippen molar-refractivity contribution in [3.05, 3.63) is 47.3 Å². The van der Waals surface area contributed by atoms with Gasteiger partial charge in [0.15, 0.2) is 0 Å². The van der Waals surface area contributed by atoms with Crippen molar-refractivity contribution in [3.63, 3.8) is 0 Å². The summed E-state index contributed by atoms with van der Waals surface area (Å²) in [5.74, 6) is -0.0810. The van der Waals surface area contributed by atoms with Crippen LogP contribution < -0.4 is 15.4 Å². The van der Waals surface area contributed by atoms with Crippen molar-refractivity contribution < 1.29 is 24.0 Å². The van der Waals surface area contributed by atoms with E-state index in [0.29, 0.717) is 25.1 Å². The van der Waals surface area contributed by atoms with E-state index in [-0.39, 0.29) is 23.5 Å². The molecule has 0 spiro atoms. The number of benzene rings is 1.